The van der Waals surface area contributed by atoms with Gasteiger partial charge in [0.2, 0.25) is 0 Å². The summed E-state index contributed by atoms with van der Waals surface area (Å²) in [5, 5.41) is 4.56. The first-order valence-corrected chi connectivity index (χ1v) is 16.4. The number of hydrogen-bond donors (Lipinski definition) is 0. The molecule has 3 rings (SSSR count). The van der Waals surface area contributed by atoms with Gasteiger partial charge in [0.25, 0.3) is 0 Å². The second-order valence-corrected chi connectivity index (χ2v) is 15.2. The molecule has 3 aliphatic rings. The fourth-order valence-corrected chi connectivity index (χ4v) is 9.76. The van der Waals surface area contributed by atoms with Crippen molar-refractivity contribution in [2.24, 2.45) is 23.7 Å². The van der Waals surface area contributed by atoms with E-state index in [4.69, 9.17) is 18.6 Å². The Kier molecular flexibility index (Phi) is 10.6. The van der Waals surface area contributed by atoms with Crippen molar-refractivity contribution in [3.05, 3.63) is 37.0 Å². The Morgan fingerprint density at radius 3 is 2.24 bits per heavy atom. The third-order valence-electron chi connectivity index (χ3n) is 6.26. The zero-order chi connectivity index (χ0) is 17.7. The standard InChI is InChI=1S/C18H31N2Si.CH3.2ClH.Ti/c1-14(2)17-13-15-7-5-6-8-16(15)18(17)21(3,4)20-11-9-19-10-12-20;;;;/h5-8,14-18H,9-13H2,1-4H3;1H3;2*1H;/q2*-1;;;+2/p-2. The van der Waals surface area contributed by atoms with Crippen molar-refractivity contribution >= 4 is 26.8 Å². The quantitative estimate of drug-likeness (QED) is 0.385. The van der Waals surface area contributed by atoms with Gasteiger partial charge in [0, 0.05) is 0 Å². The van der Waals surface area contributed by atoms with Gasteiger partial charge < -0.3 is 17.3 Å². The zero-order valence-electron chi connectivity index (χ0n) is 16.4. The second kappa shape index (κ2) is 11.0. The van der Waals surface area contributed by atoms with Crippen molar-refractivity contribution in [3.63, 3.8) is 0 Å². The first kappa shape index (κ1) is 23.9. The van der Waals surface area contributed by atoms with Crippen LogP contribution in [0.15, 0.2) is 24.3 Å². The number of rotatable bonds is 3. The number of nitrogens with zero attached hydrogens (tertiary/aromatic N) is 2. The van der Waals surface area contributed by atoms with Crippen LogP contribution in [0.2, 0.25) is 18.6 Å². The van der Waals surface area contributed by atoms with Crippen LogP contribution >= 0.6 is 18.6 Å². The monoisotopic (exact) mass is 436 g/mol. The summed E-state index contributed by atoms with van der Waals surface area (Å²) in [6, 6.07) is 0. The average molecular weight is 437 g/mol. The Labute approximate surface area is 173 Å². The van der Waals surface area contributed by atoms with Crippen LogP contribution in [0.3, 0.4) is 0 Å². The summed E-state index contributed by atoms with van der Waals surface area (Å²) < 4.78 is 2.86. The Hall–Kier alpha value is 0.911. The maximum atomic E-state index is 4.89. The fraction of sp³-hybridized carbons (Fsp3) is 0.737. The van der Waals surface area contributed by atoms with E-state index in [1.807, 2.05) is 0 Å². The van der Waals surface area contributed by atoms with Gasteiger partial charge in [-0.2, -0.15) is 0 Å². The predicted molar refractivity (Wildman–Crippen MR) is 112 cm³/mol. The van der Waals surface area contributed by atoms with Crippen LogP contribution < -0.4 is 0 Å². The predicted octanol–water partition coefficient (Wildman–Crippen LogP) is 6.11. The van der Waals surface area contributed by atoms with E-state index in [-0.39, 0.29) is 7.43 Å². The van der Waals surface area contributed by atoms with E-state index < -0.39 is 25.3 Å². The summed E-state index contributed by atoms with van der Waals surface area (Å²) >= 11 is -0.556. The number of allylic oxidation sites excluding steroid dienone is 4. The van der Waals surface area contributed by atoms with Crippen molar-refractivity contribution in [1.29, 1.82) is 0 Å². The van der Waals surface area contributed by atoms with Crippen molar-refractivity contribution in [3.8, 4) is 0 Å². The van der Waals surface area contributed by atoms with Crippen LogP contribution in [0.4, 0.5) is 0 Å². The van der Waals surface area contributed by atoms with Gasteiger partial charge in [0.1, 0.15) is 8.24 Å². The summed E-state index contributed by atoms with van der Waals surface area (Å²) in [5.41, 5.74) is 0.904. The van der Waals surface area contributed by atoms with Crippen LogP contribution in [0.1, 0.15) is 20.3 Å². The minimum atomic E-state index is -1.42. The molecular formula is C19H34Cl2N2SiTi-2. The van der Waals surface area contributed by atoms with Gasteiger partial charge in [-0.1, -0.05) is 51.2 Å². The van der Waals surface area contributed by atoms with E-state index in [1.54, 1.807) is 0 Å². The molecule has 0 aromatic carbocycles. The van der Waals surface area contributed by atoms with Crippen LogP contribution in [-0.4, -0.2) is 39.0 Å². The van der Waals surface area contributed by atoms with Crippen LogP contribution in [0.25, 0.3) is 5.32 Å². The summed E-state index contributed by atoms with van der Waals surface area (Å²) in [5.74, 6) is 3.30. The molecule has 0 radical (unpaired) electrons. The molecule has 6 heteroatoms. The third-order valence-corrected chi connectivity index (χ3v) is 10.8. The van der Waals surface area contributed by atoms with Gasteiger partial charge in [0.05, 0.1) is 0 Å². The number of hydrogen-bond acceptors (Lipinski definition) is 1. The molecule has 1 saturated carbocycles. The molecule has 144 valence electrons. The molecule has 0 spiro atoms. The second-order valence-electron chi connectivity index (χ2n) is 8.06. The van der Waals surface area contributed by atoms with Crippen LogP contribution in [-0.2, 0) is 17.0 Å². The van der Waals surface area contributed by atoms with Gasteiger partial charge in [-0.25, -0.2) is 0 Å². The Bertz CT molecular complexity index is 451. The van der Waals surface area contributed by atoms with E-state index in [9.17, 15) is 0 Å². The normalized spacial score (nSPS) is 31.8. The Balaban J connectivity index is 0.000000730. The SMILES string of the molecule is CC(C)C1CC2C=CC=CC2C1[Si](C)(C)N1CC[N-]CC1.[CH3-].[Cl][Ti][Cl]. The van der Waals surface area contributed by atoms with Crippen LogP contribution in [0.5, 0.6) is 0 Å². The first-order chi connectivity index (χ1) is 11.4. The topological polar surface area (TPSA) is 17.3 Å². The van der Waals surface area contributed by atoms with E-state index in [0.29, 0.717) is 0 Å². The molecular weight excluding hydrogens is 403 g/mol. The average Bonchev–Trinajstić information content (AvgIpc) is 2.97. The van der Waals surface area contributed by atoms with Crippen molar-refractivity contribution in [2.45, 2.75) is 38.9 Å². The molecule has 0 aromatic heterocycles. The van der Waals surface area contributed by atoms with E-state index in [1.165, 1.54) is 19.5 Å². The number of piperazine rings is 1. The molecule has 2 aliphatic carbocycles. The summed E-state index contributed by atoms with van der Waals surface area (Å²) in [4.78, 5) is 0. The maximum absolute atomic E-state index is 4.89. The summed E-state index contributed by atoms with van der Waals surface area (Å²) in [6.07, 6.45) is 11.0. The third kappa shape index (κ3) is 5.70. The Morgan fingerprint density at radius 1 is 1.12 bits per heavy atom. The van der Waals surface area contributed by atoms with Crippen LogP contribution in [0, 0.1) is 31.1 Å². The molecule has 1 heterocycles. The summed E-state index contributed by atoms with van der Waals surface area (Å²) in [7, 11) is 8.36. The Morgan fingerprint density at radius 2 is 1.68 bits per heavy atom. The van der Waals surface area contributed by atoms with E-state index in [2.05, 4.69) is 61.1 Å². The molecule has 2 nitrogen and oxygen atoms in total. The summed E-state index contributed by atoms with van der Waals surface area (Å²) in [6.45, 7) is 14.7. The molecule has 2 fully saturated rings. The van der Waals surface area contributed by atoms with E-state index in [0.717, 1.165) is 42.3 Å². The molecule has 4 unspecified atom stereocenters. The fourth-order valence-electron chi connectivity index (χ4n) is 5.11. The van der Waals surface area contributed by atoms with Gasteiger partial charge in [0.15, 0.2) is 0 Å². The number of fused-ring (bicyclic) bond motifs is 1. The molecule has 25 heavy (non-hydrogen) atoms. The molecule has 4 atom stereocenters. The van der Waals surface area contributed by atoms with Crippen molar-refractivity contribution in [2.75, 3.05) is 26.2 Å². The zero-order valence-corrected chi connectivity index (χ0v) is 20.5. The van der Waals surface area contributed by atoms with Crippen molar-refractivity contribution in [1.82, 2.24) is 4.57 Å². The first-order valence-electron chi connectivity index (χ1n) is 9.13. The van der Waals surface area contributed by atoms with Gasteiger partial charge in [-0.05, 0) is 48.7 Å². The molecule has 0 N–H and O–H groups in total. The van der Waals surface area contributed by atoms with Crippen molar-refractivity contribution < 1.29 is 17.0 Å². The van der Waals surface area contributed by atoms with Gasteiger partial charge in [-0.15, -0.1) is 13.1 Å². The molecule has 0 aromatic rings. The number of halogens is 2. The molecule has 0 amide bonds. The van der Waals surface area contributed by atoms with E-state index >= 15 is 0 Å². The molecule has 1 aliphatic heterocycles. The molecule has 0 bridgehead atoms. The van der Waals surface area contributed by atoms with Gasteiger partial charge >= 0.3 is 35.6 Å². The molecule has 1 saturated heterocycles. The minimum absolute atomic E-state index is 0. The van der Waals surface area contributed by atoms with Gasteiger partial charge in [-0.3, -0.25) is 0 Å².